The van der Waals surface area contributed by atoms with Crippen LogP contribution in [0.3, 0.4) is 0 Å². The summed E-state index contributed by atoms with van der Waals surface area (Å²) in [4.78, 5) is -0.865. The quantitative estimate of drug-likeness (QED) is 0.173. The SMILES string of the molecule is CCCCO[C@@H]1[C@@H](OCCCC)[C@]2(c3ccc(Cl)c(Cc4ccc(OCC)cc4)c3)O[C@@](CO)(CS2)[C@H]1OCCCC. The first-order chi connectivity index (χ1) is 20.5. The van der Waals surface area contributed by atoms with E-state index in [0.717, 1.165) is 61.0 Å². The van der Waals surface area contributed by atoms with Crippen LogP contribution in [0.5, 0.6) is 5.75 Å². The summed E-state index contributed by atoms with van der Waals surface area (Å²) in [6.45, 7) is 10.7. The van der Waals surface area contributed by atoms with Crippen LogP contribution in [-0.4, -0.2) is 67.8 Å². The Balaban J connectivity index is 1.73. The van der Waals surface area contributed by atoms with Crippen LogP contribution in [0, 0.1) is 0 Å². The van der Waals surface area contributed by atoms with E-state index in [2.05, 4.69) is 39.0 Å². The molecule has 0 aliphatic carbocycles. The number of hydrogen-bond donors (Lipinski definition) is 1. The van der Waals surface area contributed by atoms with E-state index in [1.165, 1.54) is 0 Å². The lowest BCUT2D eigenvalue weighted by molar-refractivity contribution is -0.302. The Bertz CT molecular complexity index is 1100. The van der Waals surface area contributed by atoms with Gasteiger partial charge in [-0.1, -0.05) is 75.9 Å². The van der Waals surface area contributed by atoms with Crippen LogP contribution in [0.1, 0.15) is 82.9 Å². The van der Waals surface area contributed by atoms with Gasteiger partial charge in [0.1, 0.15) is 29.7 Å². The number of rotatable bonds is 18. The Kier molecular flexibility index (Phi) is 12.9. The molecule has 6 nitrogen and oxygen atoms in total. The fraction of sp³-hybridized carbons (Fsp3) is 0.647. The van der Waals surface area contributed by atoms with Crippen molar-refractivity contribution >= 4 is 23.4 Å². The smallest absolute Gasteiger partial charge is 0.169 e. The molecule has 0 radical (unpaired) electrons. The highest BCUT2D eigenvalue weighted by Gasteiger charge is 2.68. The molecule has 0 unspecified atom stereocenters. The van der Waals surface area contributed by atoms with Crippen molar-refractivity contribution in [2.75, 3.05) is 38.8 Å². The maximum atomic E-state index is 10.9. The molecule has 0 amide bonds. The molecule has 5 atom stereocenters. The number of hydrogen-bond acceptors (Lipinski definition) is 7. The van der Waals surface area contributed by atoms with Gasteiger partial charge in [0.25, 0.3) is 0 Å². The first-order valence-corrected chi connectivity index (χ1v) is 17.1. The summed E-state index contributed by atoms with van der Waals surface area (Å²) in [7, 11) is 0. The van der Waals surface area contributed by atoms with Gasteiger partial charge in [0.05, 0.1) is 13.2 Å². The first kappa shape index (κ1) is 33.6. The molecule has 2 bridgehead atoms. The molecular weight excluding hydrogens is 572 g/mol. The molecule has 1 N–H and O–H groups in total. The number of ether oxygens (including phenoxy) is 5. The second-order valence-electron chi connectivity index (χ2n) is 11.3. The van der Waals surface area contributed by atoms with E-state index in [0.29, 0.717) is 43.6 Å². The van der Waals surface area contributed by atoms with Gasteiger partial charge in [0, 0.05) is 30.6 Å². The Hall–Kier alpha value is -1.32. The zero-order valence-corrected chi connectivity index (χ0v) is 27.3. The molecule has 8 heteroatoms. The number of unbranched alkanes of at least 4 members (excludes halogenated alkanes) is 3. The van der Waals surface area contributed by atoms with Gasteiger partial charge < -0.3 is 28.8 Å². The van der Waals surface area contributed by atoms with Crippen molar-refractivity contribution in [1.29, 1.82) is 0 Å². The summed E-state index contributed by atoms with van der Waals surface area (Å²) >= 11 is 8.47. The lowest BCUT2D eigenvalue weighted by Gasteiger charge is -2.51. The summed E-state index contributed by atoms with van der Waals surface area (Å²) in [6, 6.07) is 14.3. The largest absolute Gasteiger partial charge is 0.494 e. The van der Waals surface area contributed by atoms with Gasteiger partial charge >= 0.3 is 0 Å². The maximum Gasteiger partial charge on any atom is 0.169 e. The number of halogens is 1. The summed E-state index contributed by atoms with van der Waals surface area (Å²) in [5.74, 6) is 1.44. The first-order valence-electron chi connectivity index (χ1n) is 15.8. The van der Waals surface area contributed by atoms with E-state index in [1.54, 1.807) is 11.8 Å². The molecule has 0 saturated carbocycles. The standard InChI is InChI=1S/C34H49ClO6S/c1-5-9-18-38-30-31(39-19-10-6-2)33(23-36)24-42-34(41-33,32(30)40-20-11-7-3)27-14-17-29(35)26(22-27)21-25-12-15-28(16-13-25)37-8-4/h12-17,22,30-32,36H,5-11,18-21,23-24H2,1-4H3/t30-,31-,32+,33-,34+/m0/s1. The summed E-state index contributed by atoms with van der Waals surface area (Å²) in [5, 5.41) is 11.6. The fourth-order valence-electron chi connectivity index (χ4n) is 5.74. The summed E-state index contributed by atoms with van der Waals surface area (Å²) in [5.41, 5.74) is 2.24. The van der Waals surface area contributed by atoms with Crippen molar-refractivity contribution in [3.8, 4) is 5.75 Å². The Morgan fingerprint density at radius 2 is 1.52 bits per heavy atom. The number of aliphatic hydroxyl groups is 1. The summed E-state index contributed by atoms with van der Waals surface area (Å²) in [6.07, 6.45) is 5.34. The molecule has 2 heterocycles. The van der Waals surface area contributed by atoms with Crippen molar-refractivity contribution in [2.45, 2.75) is 101 Å². The molecule has 42 heavy (non-hydrogen) atoms. The highest BCUT2D eigenvalue weighted by Crippen LogP contribution is 2.59. The van der Waals surface area contributed by atoms with Crippen molar-refractivity contribution in [3.05, 3.63) is 64.2 Å². The predicted molar refractivity (Wildman–Crippen MR) is 171 cm³/mol. The minimum atomic E-state index is -0.894. The van der Waals surface area contributed by atoms with Gasteiger partial charge in [0.15, 0.2) is 4.93 Å². The van der Waals surface area contributed by atoms with Crippen LogP contribution >= 0.6 is 23.4 Å². The van der Waals surface area contributed by atoms with Crippen LogP contribution in [-0.2, 0) is 30.3 Å². The molecule has 234 valence electrons. The van der Waals surface area contributed by atoms with Gasteiger partial charge in [-0.2, -0.15) is 0 Å². The number of fused-ring (bicyclic) bond motifs is 2. The van der Waals surface area contributed by atoms with Gasteiger partial charge in [-0.15, -0.1) is 11.8 Å². The molecule has 0 aromatic heterocycles. The minimum absolute atomic E-state index is 0.152. The maximum absolute atomic E-state index is 10.9. The van der Waals surface area contributed by atoms with Crippen molar-refractivity contribution < 1.29 is 28.8 Å². The van der Waals surface area contributed by atoms with E-state index in [9.17, 15) is 5.11 Å². The van der Waals surface area contributed by atoms with Gasteiger partial charge in [-0.05, 0) is 67.5 Å². The number of benzene rings is 2. The molecule has 2 aliphatic rings. The van der Waals surface area contributed by atoms with Gasteiger partial charge in [-0.25, -0.2) is 0 Å². The topological polar surface area (TPSA) is 66.4 Å². The number of aliphatic hydroxyl groups excluding tert-OH is 1. The van der Waals surface area contributed by atoms with E-state index in [4.69, 9.17) is 35.3 Å². The lowest BCUT2D eigenvalue weighted by atomic mass is 9.83. The fourth-order valence-corrected chi connectivity index (χ4v) is 7.58. The zero-order chi connectivity index (χ0) is 30.0. The zero-order valence-electron chi connectivity index (χ0n) is 25.7. The van der Waals surface area contributed by atoms with Crippen LogP contribution in [0.4, 0.5) is 0 Å². The third kappa shape index (κ3) is 7.48. The minimum Gasteiger partial charge on any atom is -0.494 e. The second-order valence-corrected chi connectivity index (χ2v) is 12.9. The Morgan fingerprint density at radius 1 is 0.881 bits per heavy atom. The van der Waals surface area contributed by atoms with Crippen molar-refractivity contribution in [3.63, 3.8) is 0 Å². The van der Waals surface area contributed by atoms with Crippen LogP contribution in [0.15, 0.2) is 42.5 Å². The molecule has 2 aliphatic heterocycles. The average Bonchev–Trinajstić information content (AvgIpc) is 3.36. The van der Waals surface area contributed by atoms with E-state index in [-0.39, 0.29) is 12.7 Å². The molecule has 2 saturated heterocycles. The van der Waals surface area contributed by atoms with E-state index < -0.39 is 22.7 Å². The number of thioether (sulfide) groups is 1. The molecule has 0 spiro atoms. The van der Waals surface area contributed by atoms with Gasteiger partial charge in [-0.3, -0.25) is 0 Å². The monoisotopic (exact) mass is 620 g/mol. The summed E-state index contributed by atoms with van der Waals surface area (Å²) < 4.78 is 32.6. The van der Waals surface area contributed by atoms with E-state index in [1.807, 2.05) is 31.2 Å². The molecule has 4 rings (SSSR count). The molecule has 2 aromatic carbocycles. The predicted octanol–water partition coefficient (Wildman–Crippen LogP) is 7.55. The normalized spacial score (nSPS) is 27.0. The van der Waals surface area contributed by atoms with Crippen LogP contribution < -0.4 is 4.74 Å². The second kappa shape index (κ2) is 16.1. The van der Waals surface area contributed by atoms with E-state index >= 15 is 0 Å². The Morgan fingerprint density at radius 3 is 2.14 bits per heavy atom. The van der Waals surface area contributed by atoms with Crippen LogP contribution in [0.25, 0.3) is 0 Å². The van der Waals surface area contributed by atoms with Gasteiger partial charge in [0.2, 0.25) is 0 Å². The Labute approximate surface area is 261 Å². The van der Waals surface area contributed by atoms with Crippen molar-refractivity contribution in [1.82, 2.24) is 0 Å². The van der Waals surface area contributed by atoms with Crippen molar-refractivity contribution in [2.24, 2.45) is 0 Å². The average molecular weight is 621 g/mol. The third-order valence-electron chi connectivity index (χ3n) is 8.12. The molecule has 2 fully saturated rings. The highest BCUT2D eigenvalue weighted by molar-refractivity contribution is 8.00. The third-order valence-corrected chi connectivity index (χ3v) is 10.1. The highest BCUT2D eigenvalue weighted by atomic mass is 35.5. The van der Waals surface area contributed by atoms with Crippen LogP contribution in [0.2, 0.25) is 5.02 Å². The molecular formula is C34H49ClO6S. The molecule has 2 aromatic rings. The lowest BCUT2D eigenvalue weighted by Crippen LogP contribution is -2.67.